The summed E-state index contributed by atoms with van der Waals surface area (Å²) >= 11 is 1.49. The van der Waals surface area contributed by atoms with E-state index in [9.17, 15) is 4.79 Å². The minimum atomic E-state index is -0.433. The Hall–Kier alpha value is -1.10. The predicted octanol–water partition coefficient (Wildman–Crippen LogP) is 3.54. The van der Waals surface area contributed by atoms with Gasteiger partial charge in [0.15, 0.2) is 0 Å². The number of nitrogens with one attached hydrogen (secondary N) is 1. The van der Waals surface area contributed by atoms with Gasteiger partial charge in [-0.05, 0) is 18.8 Å². The van der Waals surface area contributed by atoms with E-state index < -0.39 is 6.09 Å². The fourth-order valence-electron chi connectivity index (χ4n) is 0.961. The molecular weight excluding hydrogens is 224 g/mol. The monoisotopic (exact) mass is 244 g/mol. The van der Waals surface area contributed by atoms with Crippen LogP contribution >= 0.6 is 11.3 Å². The Morgan fingerprint density at radius 3 is 2.81 bits per heavy atom. The highest BCUT2D eigenvalue weighted by Gasteiger charge is 2.11. The van der Waals surface area contributed by atoms with Gasteiger partial charge in [-0.15, -0.1) is 11.3 Å². The molecule has 16 heavy (non-hydrogen) atoms. The summed E-state index contributed by atoms with van der Waals surface area (Å²) in [7, 11) is 0. The molecule has 92 valence electrons. The van der Waals surface area contributed by atoms with Crippen LogP contribution in [0.2, 0.25) is 0 Å². The fraction of sp³-hybridized carbons (Fsp3) is 0.636. The molecule has 0 radical (unpaired) electrons. The van der Waals surface area contributed by atoms with Crippen molar-refractivity contribution in [2.24, 2.45) is 11.8 Å². The number of aryl methyl sites for hydroxylation is 1. The molecule has 0 saturated heterocycles. The first kappa shape index (κ1) is 13.0. The Bertz CT molecular complexity index is 355. The normalized spacial score (nSPS) is 12.6. The van der Waals surface area contributed by atoms with E-state index in [1.165, 1.54) is 11.3 Å². The fourth-order valence-corrected chi connectivity index (χ4v) is 1.51. The molecule has 1 aromatic rings. The number of hydrogen-bond acceptors (Lipinski definition) is 4. The summed E-state index contributed by atoms with van der Waals surface area (Å²) in [6.45, 7) is 8.60. The van der Waals surface area contributed by atoms with Gasteiger partial charge >= 0.3 is 6.09 Å². The van der Waals surface area contributed by atoms with Crippen molar-refractivity contribution in [1.29, 1.82) is 0 Å². The number of carbonyl (C=O) groups excluding carboxylic acids is 1. The molecule has 0 aromatic carbocycles. The molecule has 1 amide bonds. The minimum absolute atomic E-state index is 0. The summed E-state index contributed by atoms with van der Waals surface area (Å²) in [5, 5.41) is 5.31. The third kappa shape index (κ3) is 4.18. The molecule has 1 atom stereocenters. The van der Waals surface area contributed by atoms with E-state index in [1.54, 1.807) is 5.38 Å². The predicted molar refractivity (Wildman–Crippen MR) is 67.9 cm³/mol. The number of hydrogen-bond donors (Lipinski definition) is 1. The second kappa shape index (κ2) is 5.84. The standard InChI is InChI=1S/C11H18N2O2S.H2/c1-7(2)8(3)5-15-11(14)13-10-6-16-9(4)12-10;/h6-8H,5H2,1-4H3,(H,13,14);1H/t8-;/m0./s1. The zero-order valence-electron chi connectivity index (χ0n) is 10.1. The summed E-state index contributed by atoms with van der Waals surface area (Å²) in [4.78, 5) is 15.5. The highest BCUT2D eigenvalue weighted by Crippen LogP contribution is 2.13. The molecular formula is C11H20N2O2S. The second-order valence-electron chi connectivity index (χ2n) is 4.20. The van der Waals surface area contributed by atoms with Crippen LogP contribution in [0.4, 0.5) is 10.6 Å². The first-order valence-electron chi connectivity index (χ1n) is 5.35. The van der Waals surface area contributed by atoms with Crippen molar-refractivity contribution in [1.82, 2.24) is 4.98 Å². The lowest BCUT2D eigenvalue weighted by Gasteiger charge is -2.15. The van der Waals surface area contributed by atoms with Gasteiger partial charge in [-0.1, -0.05) is 20.8 Å². The van der Waals surface area contributed by atoms with E-state index in [0.29, 0.717) is 24.3 Å². The lowest BCUT2D eigenvalue weighted by Crippen LogP contribution is -2.20. The van der Waals surface area contributed by atoms with E-state index in [4.69, 9.17) is 4.74 Å². The summed E-state index contributed by atoms with van der Waals surface area (Å²) in [5.41, 5.74) is 0. The van der Waals surface area contributed by atoms with Crippen LogP contribution in [0.15, 0.2) is 5.38 Å². The van der Waals surface area contributed by atoms with Gasteiger partial charge in [0, 0.05) is 6.81 Å². The number of amides is 1. The zero-order chi connectivity index (χ0) is 12.1. The quantitative estimate of drug-likeness (QED) is 0.881. The van der Waals surface area contributed by atoms with Gasteiger partial charge in [0.25, 0.3) is 0 Å². The minimum Gasteiger partial charge on any atom is -0.449 e. The molecule has 5 heteroatoms. The van der Waals surface area contributed by atoms with Crippen LogP contribution in [0.25, 0.3) is 0 Å². The van der Waals surface area contributed by atoms with Crippen molar-refractivity contribution < 1.29 is 11.0 Å². The second-order valence-corrected chi connectivity index (χ2v) is 5.26. The molecule has 0 aliphatic carbocycles. The molecule has 1 heterocycles. The number of anilines is 1. The zero-order valence-corrected chi connectivity index (χ0v) is 10.9. The molecule has 1 N–H and O–H groups in total. The first-order valence-corrected chi connectivity index (χ1v) is 6.23. The Labute approximate surface area is 102 Å². The SMILES string of the molecule is Cc1nc(NC(=O)OC[C@H](C)C(C)C)cs1.[HH]. The average molecular weight is 244 g/mol. The maximum Gasteiger partial charge on any atom is 0.412 e. The van der Waals surface area contributed by atoms with Crippen LogP contribution in [0, 0.1) is 18.8 Å². The van der Waals surface area contributed by atoms with Gasteiger partial charge in [-0.3, -0.25) is 5.32 Å². The van der Waals surface area contributed by atoms with Crippen LogP contribution in [-0.4, -0.2) is 17.7 Å². The summed E-state index contributed by atoms with van der Waals surface area (Å²) in [6, 6.07) is 0. The van der Waals surface area contributed by atoms with Crippen molar-refractivity contribution in [2.75, 3.05) is 11.9 Å². The molecule has 0 spiro atoms. The van der Waals surface area contributed by atoms with Gasteiger partial charge in [0.2, 0.25) is 0 Å². The van der Waals surface area contributed by atoms with Gasteiger partial charge < -0.3 is 4.74 Å². The van der Waals surface area contributed by atoms with Crippen molar-refractivity contribution in [3.63, 3.8) is 0 Å². The molecule has 0 saturated carbocycles. The van der Waals surface area contributed by atoms with E-state index in [-0.39, 0.29) is 1.43 Å². The van der Waals surface area contributed by atoms with Crippen molar-refractivity contribution in [3.8, 4) is 0 Å². The summed E-state index contributed by atoms with van der Waals surface area (Å²) in [6.07, 6.45) is -0.433. The van der Waals surface area contributed by atoms with E-state index in [1.807, 2.05) is 6.92 Å². The highest BCUT2D eigenvalue weighted by atomic mass is 32.1. The van der Waals surface area contributed by atoms with Crippen LogP contribution < -0.4 is 5.32 Å². The molecule has 0 bridgehead atoms. The maximum atomic E-state index is 11.4. The third-order valence-electron chi connectivity index (χ3n) is 2.46. The van der Waals surface area contributed by atoms with E-state index in [0.717, 1.165) is 5.01 Å². The number of carbonyl (C=O) groups is 1. The smallest absolute Gasteiger partial charge is 0.412 e. The Morgan fingerprint density at radius 2 is 2.31 bits per heavy atom. The Balaban J connectivity index is 0.00000256. The third-order valence-corrected chi connectivity index (χ3v) is 3.24. The van der Waals surface area contributed by atoms with Gasteiger partial charge in [-0.25, -0.2) is 9.78 Å². The Morgan fingerprint density at radius 1 is 1.62 bits per heavy atom. The number of thiazole rings is 1. The van der Waals surface area contributed by atoms with Crippen molar-refractivity contribution >= 4 is 23.2 Å². The van der Waals surface area contributed by atoms with Gasteiger partial charge in [0.05, 0.1) is 11.6 Å². The maximum absolute atomic E-state index is 11.4. The molecule has 4 nitrogen and oxygen atoms in total. The van der Waals surface area contributed by atoms with Crippen molar-refractivity contribution in [2.45, 2.75) is 27.7 Å². The van der Waals surface area contributed by atoms with E-state index >= 15 is 0 Å². The van der Waals surface area contributed by atoms with Gasteiger partial charge in [-0.2, -0.15) is 0 Å². The van der Waals surface area contributed by atoms with Crippen LogP contribution in [0.1, 0.15) is 27.2 Å². The van der Waals surface area contributed by atoms with Gasteiger partial charge in [0.1, 0.15) is 5.82 Å². The Kier molecular flexibility index (Phi) is 4.73. The average Bonchev–Trinajstić information content (AvgIpc) is 2.60. The van der Waals surface area contributed by atoms with Crippen molar-refractivity contribution in [3.05, 3.63) is 10.4 Å². The highest BCUT2D eigenvalue weighted by molar-refractivity contribution is 7.09. The van der Waals surface area contributed by atoms with Crippen LogP contribution in [-0.2, 0) is 4.74 Å². The topological polar surface area (TPSA) is 51.2 Å². The number of rotatable bonds is 4. The van der Waals surface area contributed by atoms with Crippen LogP contribution in [0.5, 0.6) is 0 Å². The first-order chi connectivity index (χ1) is 7.49. The number of ether oxygens (including phenoxy) is 1. The molecule has 1 aromatic heterocycles. The summed E-state index contributed by atoms with van der Waals surface area (Å²) < 4.78 is 5.09. The molecule has 0 unspecified atom stereocenters. The van der Waals surface area contributed by atoms with E-state index in [2.05, 4.69) is 31.1 Å². The largest absolute Gasteiger partial charge is 0.449 e. The lowest BCUT2D eigenvalue weighted by atomic mass is 10.00. The van der Waals surface area contributed by atoms with Crippen LogP contribution in [0.3, 0.4) is 0 Å². The molecule has 0 aliphatic rings. The number of aromatic nitrogens is 1. The molecule has 1 rings (SSSR count). The molecule has 0 aliphatic heterocycles. The summed E-state index contributed by atoms with van der Waals surface area (Å²) in [5.74, 6) is 1.43. The lowest BCUT2D eigenvalue weighted by molar-refractivity contribution is 0.133. The molecule has 0 fully saturated rings. The number of nitrogens with zero attached hydrogens (tertiary/aromatic N) is 1.